The van der Waals surface area contributed by atoms with E-state index in [1.165, 1.54) is 36.7 Å². The molecule has 0 spiro atoms. The summed E-state index contributed by atoms with van der Waals surface area (Å²) in [6, 6.07) is 9.63. The summed E-state index contributed by atoms with van der Waals surface area (Å²) in [5.41, 5.74) is 8.84. The van der Waals surface area contributed by atoms with Gasteiger partial charge in [0, 0.05) is 62.3 Å². The van der Waals surface area contributed by atoms with Crippen molar-refractivity contribution >= 4 is 89.4 Å². The third kappa shape index (κ3) is 18.5. The molecule has 3 saturated heterocycles. The van der Waals surface area contributed by atoms with Gasteiger partial charge in [-0.2, -0.15) is 0 Å². The molecule has 7 heterocycles. The first-order valence-corrected chi connectivity index (χ1v) is 33.4. The minimum absolute atomic E-state index is 0.0108. The van der Waals surface area contributed by atoms with Gasteiger partial charge in [0.15, 0.2) is 8.32 Å². The van der Waals surface area contributed by atoms with Crippen LogP contribution in [-0.4, -0.2) is 156 Å². The van der Waals surface area contributed by atoms with Crippen molar-refractivity contribution < 1.29 is 62.1 Å². The van der Waals surface area contributed by atoms with Crippen LogP contribution in [0.3, 0.4) is 0 Å². The number of hydrogen-bond acceptors (Lipinski definition) is 17. The Hall–Kier alpha value is -7.48. The number of benzene rings is 2. The Morgan fingerprint density at radius 3 is 1.44 bits per heavy atom. The largest absolute Gasteiger partial charge is 0.457 e. The summed E-state index contributed by atoms with van der Waals surface area (Å²) in [7, 11) is -2.31. The van der Waals surface area contributed by atoms with Crippen LogP contribution in [0, 0.1) is 0 Å². The van der Waals surface area contributed by atoms with Crippen molar-refractivity contribution in [1.29, 1.82) is 0 Å². The van der Waals surface area contributed by atoms with Gasteiger partial charge in [-0.3, -0.25) is 58.3 Å². The quantitative estimate of drug-likeness (QED) is 0.0901. The maximum absolute atomic E-state index is 13.7. The number of fused-ring (bicyclic) bond motifs is 8. The minimum Gasteiger partial charge on any atom is -0.457 e. The number of aliphatic hydroxyl groups is 1. The summed E-state index contributed by atoms with van der Waals surface area (Å²) in [6.07, 6.45) is 12.0. The highest BCUT2D eigenvalue weighted by Gasteiger charge is 2.42. The highest BCUT2D eigenvalue weighted by Crippen LogP contribution is 2.38. The zero-order chi connectivity index (χ0) is 64.0. The van der Waals surface area contributed by atoms with Gasteiger partial charge in [-0.15, -0.1) is 0 Å². The number of hydrogen-bond donors (Lipinski definition) is 7. The molecule has 7 N–H and O–H groups in total. The number of aromatic nitrogens is 2. The average molecular weight is 1230 g/mol. The SMILES string of the molecule is C1CCOC1.C[C@@H]1NC(=O)[C@H]([C@@H](C)O)NC(=O)C/C=C/c2cc3cc(ccc3cn2)[C@@H](C)OC(=O)[C@@H]2CCCN(N2)C1=O.C[C@@H]1NC(=O)[C@H]([C@@H](C)O[Si](C)(C)C(C)(C)C)NC(=O)C/C=C/c2cc3cc(ccc3cn2)[C@@H](C)OC(=O)[C@@H]2CCCN(N2)C1=O. The summed E-state index contributed by atoms with van der Waals surface area (Å²) in [4.78, 5) is 114. The lowest BCUT2D eigenvalue weighted by Crippen LogP contribution is -2.62. The second-order valence-corrected chi connectivity index (χ2v) is 29.4. The van der Waals surface area contributed by atoms with Crippen LogP contribution < -0.4 is 32.1 Å². The molecule has 10 atom stereocenters. The number of pyridine rings is 2. The van der Waals surface area contributed by atoms with Crippen molar-refractivity contribution in [2.45, 2.75) is 192 Å². The van der Waals surface area contributed by atoms with Gasteiger partial charge in [0.25, 0.3) is 11.8 Å². The summed E-state index contributed by atoms with van der Waals surface area (Å²) >= 11 is 0. The van der Waals surface area contributed by atoms with E-state index in [4.69, 9.17) is 18.6 Å². The molecule has 476 valence electrons. The number of cyclic esters (lactones) is 2. The predicted molar refractivity (Wildman–Crippen MR) is 334 cm³/mol. The van der Waals surface area contributed by atoms with E-state index >= 15 is 0 Å². The van der Waals surface area contributed by atoms with Crippen LogP contribution in [0.5, 0.6) is 0 Å². The monoisotopic (exact) mass is 1230 g/mol. The molecule has 24 heteroatoms. The third-order valence-electron chi connectivity index (χ3n) is 16.4. The second kappa shape index (κ2) is 30.6. The Bertz CT molecular complexity index is 3230. The van der Waals surface area contributed by atoms with E-state index < -0.39 is 110 Å². The fraction of sp³-hybridized carbons (Fsp3) is 0.531. The summed E-state index contributed by atoms with van der Waals surface area (Å²) in [5, 5.41) is 27.0. The number of carbonyl (C=O) groups excluding carboxylic acids is 8. The maximum Gasteiger partial charge on any atom is 0.325 e. The number of esters is 2. The molecule has 5 aliphatic rings. The number of amides is 6. The third-order valence-corrected chi connectivity index (χ3v) is 21.0. The van der Waals surface area contributed by atoms with Crippen molar-refractivity contribution in [3.8, 4) is 0 Å². The summed E-state index contributed by atoms with van der Waals surface area (Å²) in [5.74, 6) is -3.85. The molecule has 10 bridgehead atoms. The average Bonchev–Trinajstić information content (AvgIpc) is 3.64. The van der Waals surface area contributed by atoms with Crippen molar-refractivity contribution in [3.63, 3.8) is 0 Å². The van der Waals surface area contributed by atoms with Gasteiger partial charge >= 0.3 is 11.9 Å². The Morgan fingerprint density at radius 2 is 1.03 bits per heavy atom. The first-order valence-electron chi connectivity index (χ1n) is 30.5. The highest BCUT2D eigenvalue weighted by molar-refractivity contribution is 6.74. The van der Waals surface area contributed by atoms with E-state index in [9.17, 15) is 43.5 Å². The van der Waals surface area contributed by atoms with E-state index in [0.29, 0.717) is 50.2 Å². The van der Waals surface area contributed by atoms with Crippen molar-refractivity contribution in [1.82, 2.24) is 52.1 Å². The molecule has 3 fully saturated rings. The molecule has 6 amide bonds. The Labute approximate surface area is 515 Å². The van der Waals surface area contributed by atoms with Gasteiger partial charge in [0.05, 0.1) is 23.6 Å². The standard InChI is InChI=1S/C33H47N5O6Si.C27H33N5O6.C4H8O/c1-20-31(41)38-16-10-12-27(37-38)32(42)43-21(2)23-14-15-24-19-34-26(18-25(24)17-23)11-9-13-28(39)36-29(30(40)35-20)22(3)44-45(7,8)33(4,5)6;1-15-26(36)32-11-5-7-22(31-32)27(37)38-17(3)18-9-10-19-14-28-21(13-20(19)12-18)6-4-8-23(34)30-24(16(2)33)25(35)29-15;1-2-4-5-3-1/h9,11,14-15,17-22,27,29,37H,10,12-13,16H2,1-8H3,(H,35,40)(H,36,39);4,6,9-10,12-17,22,24,31,33H,5,7-8,11H2,1-3H3,(H,29,35)(H,30,34);1-4H2/b11-9+;6-4+;/t20-,21+,22+,27-,29-;15-,16+,17+,22-,24-;/m00./s1. The molecule has 0 aliphatic carbocycles. The zero-order valence-corrected chi connectivity index (χ0v) is 53.5. The molecule has 0 unspecified atom stereocenters. The molecule has 4 aromatic rings. The number of hydrazine groups is 2. The molecule has 0 saturated carbocycles. The topological polar surface area (TPSA) is 298 Å². The van der Waals surface area contributed by atoms with Crippen LogP contribution in [0.4, 0.5) is 0 Å². The minimum atomic E-state index is -2.31. The molecular weight excluding hydrogens is 1140 g/mol. The van der Waals surface area contributed by atoms with Crippen molar-refractivity contribution in [3.05, 3.63) is 95.6 Å². The number of aliphatic hydroxyl groups excluding tert-OH is 1. The number of nitrogens with one attached hydrogen (secondary N) is 6. The fourth-order valence-corrected chi connectivity index (χ4v) is 11.6. The normalized spacial score (nSPS) is 26.3. The first kappa shape index (κ1) is 68.0. The summed E-state index contributed by atoms with van der Waals surface area (Å²) < 4.78 is 23.0. The maximum atomic E-state index is 13.7. The van der Waals surface area contributed by atoms with Crippen LogP contribution >= 0.6 is 0 Å². The van der Waals surface area contributed by atoms with Gasteiger partial charge < -0.3 is 45.0 Å². The lowest BCUT2D eigenvalue weighted by molar-refractivity contribution is -0.158. The van der Waals surface area contributed by atoms with Crippen LogP contribution in [0.25, 0.3) is 33.7 Å². The van der Waals surface area contributed by atoms with E-state index in [1.54, 1.807) is 57.5 Å². The number of nitrogens with zero attached hydrogens (tertiary/aromatic N) is 4. The lowest BCUT2D eigenvalue weighted by Gasteiger charge is -2.40. The van der Waals surface area contributed by atoms with E-state index in [2.05, 4.69) is 76.0 Å². The van der Waals surface area contributed by atoms with Gasteiger partial charge in [-0.1, -0.05) is 57.2 Å². The zero-order valence-electron chi connectivity index (χ0n) is 52.5. The van der Waals surface area contributed by atoms with Gasteiger partial charge in [0.2, 0.25) is 23.6 Å². The van der Waals surface area contributed by atoms with Gasteiger partial charge in [0.1, 0.15) is 48.5 Å². The number of carbonyl (C=O) groups is 8. The van der Waals surface area contributed by atoms with Gasteiger partial charge in [-0.05, 0) is 157 Å². The fourth-order valence-electron chi connectivity index (χ4n) is 10.2. The van der Waals surface area contributed by atoms with Crippen LogP contribution in [0.1, 0.15) is 148 Å². The molecule has 2 aromatic carbocycles. The molecule has 0 radical (unpaired) electrons. The van der Waals surface area contributed by atoms with E-state index in [-0.39, 0.29) is 23.8 Å². The highest BCUT2D eigenvalue weighted by atomic mass is 28.4. The molecule has 9 rings (SSSR count). The smallest absolute Gasteiger partial charge is 0.325 e. The first-order chi connectivity index (χ1) is 41.7. The predicted octanol–water partition coefficient (Wildman–Crippen LogP) is 6.07. The molecule has 88 heavy (non-hydrogen) atoms. The van der Waals surface area contributed by atoms with Crippen LogP contribution in [0.2, 0.25) is 18.1 Å². The Balaban J connectivity index is 0.000000235. The van der Waals surface area contributed by atoms with Crippen LogP contribution in [-0.2, 0) is 57.0 Å². The van der Waals surface area contributed by atoms with E-state index in [1.807, 2.05) is 55.5 Å². The molecule has 2 aromatic heterocycles. The lowest BCUT2D eigenvalue weighted by atomic mass is 10.0. The molecule has 23 nitrogen and oxygen atoms in total. The van der Waals surface area contributed by atoms with Crippen LogP contribution in [0.15, 0.2) is 73.1 Å². The van der Waals surface area contributed by atoms with Gasteiger partial charge in [-0.25, -0.2) is 10.9 Å². The van der Waals surface area contributed by atoms with Crippen molar-refractivity contribution in [2.24, 2.45) is 0 Å². The Morgan fingerprint density at radius 1 is 0.602 bits per heavy atom. The second-order valence-electron chi connectivity index (χ2n) is 24.6. The Kier molecular flexibility index (Phi) is 23.7. The molecule has 5 aliphatic heterocycles. The number of ether oxygens (including phenoxy) is 3. The number of rotatable bonds is 4. The molecular formula is C64H88N10O13Si. The summed E-state index contributed by atoms with van der Waals surface area (Å²) in [6.45, 7) is 23.0. The van der Waals surface area contributed by atoms with E-state index in [0.717, 1.165) is 45.9 Å². The van der Waals surface area contributed by atoms with Crippen molar-refractivity contribution in [2.75, 3.05) is 26.3 Å².